The van der Waals surface area contributed by atoms with Crippen LogP contribution in [0.25, 0.3) is 0 Å². The van der Waals surface area contributed by atoms with E-state index in [0.717, 1.165) is 23.0 Å². The fourth-order valence-electron chi connectivity index (χ4n) is 3.77. The molecule has 38 heavy (non-hydrogen) atoms. The van der Waals surface area contributed by atoms with Crippen LogP contribution in [-0.4, -0.2) is 37.7 Å². The van der Waals surface area contributed by atoms with Gasteiger partial charge in [-0.25, -0.2) is 9.36 Å². The summed E-state index contributed by atoms with van der Waals surface area (Å²) in [5, 5.41) is 2.64. The number of ether oxygens (including phenoxy) is 2. The molecule has 0 radical (unpaired) electrons. The zero-order valence-electron chi connectivity index (χ0n) is 21.3. The van der Waals surface area contributed by atoms with Crippen molar-refractivity contribution >= 4 is 39.6 Å². The van der Waals surface area contributed by atoms with E-state index in [1.54, 1.807) is 11.0 Å². The number of halogens is 2. The average Bonchev–Trinajstić information content (AvgIpc) is 2.89. The summed E-state index contributed by atoms with van der Waals surface area (Å²) in [5.41, 5.74) is 1.97. The molecular formula is C28H31BrClN3O5. The number of hydrogen-bond donors (Lipinski definition) is 1. The lowest BCUT2D eigenvalue weighted by atomic mass is 10.1. The topological polar surface area (TPSA) is 88.8 Å². The van der Waals surface area contributed by atoms with Crippen LogP contribution in [0.15, 0.2) is 83.6 Å². The molecule has 10 heteroatoms. The Labute approximate surface area is 237 Å². The van der Waals surface area contributed by atoms with Crippen molar-refractivity contribution in [3.63, 3.8) is 0 Å². The third-order valence-electron chi connectivity index (χ3n) is 5.39. The molecule has 0 aliphatic carbocycles. The van der Waals surface area contributed by atoms with E-state index in [1.165, 1.54) is 6.92 Å². The molecule has 2 amide bonds. The van der Waals surface area contributed by atoms with Crippen molar-refractivity contribution in [1.82, 2.24) is 5.32 Å². The third-order valence-corrected chi connectivity index (χ3v) is 5.82. The lowest BCUT2D eigenvalue weighted by Crippen LogP contribution is -3.00. The summed E-state index contributed by atoms with van der Waals surface area (Å²) in [6.45, 7) is 4.35. The number of carbonyl (C=O) groups is 3. The first-order valence-electron chi connectivity index (χ1n) is 12.1. The fraction of sp³-hybridized carbons (Fsp3) is 0.286. The van der Waals surface area contributed by atoms with E-state index in [4.69, 9.17) is 9.47 Å². The lowest BCUT2D eigenvalue weighted by molar-refractivity contribution is -0.697. The number of rotatable bonds is 11. The predicted molar refractivity (Wildman–Crippen MR) is 143 cm³/mol. The van der Waals surface area contributed by atoms with Gasteiger partial charge in [0.25, 0.3) is 5.91 Å². The summed E-state index contributed by atoms with van der Waals surface area (Å²) >= 11 is 3.49. The molecule has 1 atom stereocenters. The number of anilines is 1. The van der Waals surface area contributed by atoms with E-state index < -0.39 is 18.2 Å². The van der Waals surface area contributed by atoms with Crippen LogP contribution in [0.3, 0.4) is 0 Å². The van der Waals surface area contributed by atoms with Gasteiger partial charge in [-0.05, 0) is 39.7 Å². The quantitative estimate of drug-likeness (QED) is 0.267. The van der Waals surface area contributed by atoms with Gasteiger partial charge in [-0.1, -0.05) is 55.5 Å². The molecule has 202 valence electrons. The standard InChI is InChI=1S/C28H30BrN3O5.ClH/c1-3-14-31-19-23(17-24(29)20-31)27(34)32(25-12-8-5-9-13-25)15-16-36-28(35)30-18-26(37-21(2)33)22-10-6-4-7-11-22;/h4-13,17,19-20,26H,3,14-16,18H2,1-2H3;1H. The van der Waals surface area contributed by atoms with Gasteiger partial charge in [0.2, 0.25) is 0 Å². The number of amides is 2. The first-order valence-corrected chi connectivity index (χ1v) is 12.9. The van der Waals surface area contributed by atoms with Gasteiger partial charge < -0.3 is 32.1 Å². The monoisotopic (exact) mass is 603 g/mol. The number of alkyl carbamates (subject to hydrolysis) is 1. The second kappa shape index (κ2) is 15.7. The van der Waals surface area contributed by atoms with Gasteiger partial charge in [0.05, 0.1) is 17.6 Å². The number of nitrogens with one attached hydrogen (secondary N) is 1. The number of aryl methyl sites for hydroxylation is 1. The molecule has 2 aromatic carbocycles. The summed E-state index contributed by atoms with van der Waals surface area (Å²) in [4.78, 5) is 39.0. The van der Waals surface area contributed by atoms with E-state index in [1.807, 2.05) is 77.6 Å². The van der Waals surface area contributed by atoms with Crippen LogP contribution >= 0.6 is 15.9 Å². The minimum Gasteiger partial charge on any atom is -1.00 e. The molecule has 0 spiro atoms. The Bertz CT molecular complexity index is 1200. The van der Waals surface area contributed by atoms with Crippen molar-refractivity contribution in [2.24, 2.45) is 0 Å². The van der Waals surface area contributed by atoms with Crippen molar-refractivity contribution < 1.29 is 40.8 Å². The van der Waals surface area contributed by atoms with Gasteiger partial charge in [0.15, 0.2) is 12.4 Å². The van der Waals surface area contributed by atoms with Crippen LogP contribution in [-0.2, 0) is 20.8 Å². The minimum absolute atomic E-state index is 0. The number of para-hydroxylation sites is 1. The molecule has 1 unspecified atom stereocenters. The molecule has 0 bridgehead atoms. The lowest BCUT2D eigenvalue weighted by Gasteiger charge is -2.23. The third kappa shape index (κ3) is 9.46. The van der Waals surface area contributed by atoms with E-state index in [2.05, 4.69) is 28.2 Å². The smallest absolute Gasteiger partial charge is 0.407 e. The van der Waals surface area contributed by atoms with Crippen LogP contribution in [0.1, 0.15) is 42.3 Å². The largest absolute Gasteiger partial charge is 1.00 e. The molecule has 0 aliphatic heterocycles. The molecule has 1 N–H and O–H groups in total. The Hall–Kier alpha value is -3.43. The van der Waals surface area contributed by atoms with Crippen molar-refractivity contribution in [1.29, 1.82) is 0 Å². The molecule has 0 saturated heterocycles. The highest BCUT2D eigenvalue weighted by molar-refractivity contribution is 9.10. The van der Waals surface area contributed by atoms with Crippen LogP contribution in [0.5, 0.6) is 0 Å². The van der Waals surface area contributed by atoms with E-state index >= 15 is 0 Å². The maximum absolute atomic E-state index is 13.5. The number of esters is 1. The molecule has 8 nitrogen and oxygen atoms in total. The predicted octanol–water partition coefficient (Wildman–Crippen LogP) is 1.83. The Balaban J connectivity index is 0.00000507. The number of carbonyl (C=O) groups excluding carboxylic acids is 3. The zero-order chi connectivity index (χ0) is 26.6. The van der Waals surface area contributed by atoms with Gasteiger partial charge in [-0.2, -0.15) is 0 Å². The van der Waals surface area contributed by atoms with Crippen molar-refractivity contribution in [3.8, 4) is 0 Å². The van der Waals surface area contributed by atoms with E-state index in [9.17, 15) is 14.4 Å². The van der Waals surface area contributed by atoms with Crippen LogP contribution in [0, 0.1) is 0 Å². The Morgan fingerprint density at radius 3 is 2.32 bits per heavy atom. The molecule has 1 aromatic heterocycles. The highest BCUT2D eigenvalue weighted by atomic mass is 79.9. The van der Waals surface area contributed by atoms with Gasteiger partial charge in [-0.15, -0.1) is 0 Å². The van der Waals surface area contributed by atoms with Gasteiger partial charge >= 0.3 is 12.1 Å². The minimum atomic E-state index is -0.670. The molecule has 0 aliphatic rings. The van der Waals surface area contributed by atoms with Gasteiger partial charge in [0.1, 0.15) is 24.8 Å². The number of pyridine rings is 1. The molecule has 0 fully saturated rings. The van der Waals surface area contributed by atoms with Crippen LogP contribution < -0.4 is 27.2 Å². The second-order valence-electron chi connectivity index (χ2n) is 8.30. The Morgan fingerprint density at radius 2 is 1.68 bits per heavy atom. The van der Waals surface area contributed by atoms with Crippen LogP contribution in [0.4, 0.5) is 10.5 Å². The Kier molecular flexibility index (Phi) is 12.8. The van der Waals surface area contributed by atoms with Crippen molar-refractivity contribution in [2.45, 2.75) is 32.9 Å². The first-order chi connectivity index (χ1) is 17.9. The maximum Gasteiger partial charge on any atom is 0.407 e. The van der Waals surface area contributed by atoms with Crippen molar-refractivity contribution in [2.75, 3.05) is 24.6 Å². The van der Waals surface area contributed by atoms with E-state index in [-0.39, 0.29) is 38.0 Å². The molecule has 0 saturated carbocycles. The highest BCUT2D eigenvalue weighted by Crippen LogP contribution is 2.19. The number of hydrogen-bond acceptors (Lipinski definition) is 5. The molecule has 3 aromatic rings. The fourth-order valence-corrected chi connectivity index (χ4v) is 4.28. The SMILES string of the molecule is CCC[n+]1cc(Br)cc(C(=O)N(CCOC(=O)NCC(OC(C)=O)c2ccccc2)c2ccccc2)c1.[Cl-]. The summed E-state index contributed by atoms with van der Waals surface area (Å²) in [5.74, 6) is -0.658. The van der Waals surface area contributed by atoms with E-state index in [0.29, 0.717) is 11.3 Å². The first kappa shape index (κ1) is 30.8. The maximum atomic E-state index is 13.5. The molecule has 3 rings (SSSR count). The highest BCUT2D eigenvalue weighted by Gasteiger charge is 2.22. The summed E-state index contributed by atoms with van der Waals surface area (Å²) in [6, 6.07) is 20.1. The zero-order valence-corrected chi connectivity index (χ0v) is 23.7. The van der Waals surface area contributed by atoms with Crippen LogP contribution in [0.2, 0.25) is 0 Å². The second-order valence-corrected chi connectivity index (χ2v) is 9.21. The average molecular weight is 605 g/mol. The normalized spacial score (nSPS) is 11.0. The summed E-state index contributed by atoms with van der Waals surface area (Å²) < 4.78 is 13.5. The number of nitrogens with zero attached hydrogens (tertiary/aromatic N) is 2. The van der Waals surface area contributed by atoms with Gasteiger partial charge in [0, 0.05) is 19.0 Å². The van der Waals surface area contributed by atoms with Gasteiger partial charge in [-0.3, -0.25) is 9.59 Å². The number of aromatic nitrogens is 1. The van der Waals surface area contributed by atoms with Crippen molar-refractivity contribution in [3.05, 3.63) is 94.7 Å². The summed E-state index contributed by atoms with van der Waals surface area (Å²) in [6.07, 6.45) is 3.37. The molecular weight excluding hydrogens is 574 g/mol. The Morgan fingerprint density at radius 1 is 1.03 bits per heavy atom. The summed E-state index contributed by atoms with van der Waals surface area (Å²) in [7, 11) is 0. The molecule has 1 heterocycles. The number of benzene rings is 2.